The van der Waals surface area contributed by atoms with Crippen LogP contribution in [0.2, 0.25) is 0 Å². The predicted octanol–water partition coefficient (Wildman–Crippen LogP) is 22.4. The number of carbonyl (C=O) groups is 3. The van der Waals surface area contributed by atoms with E-state index < -0.39 is 12.1 Å². The van der Waals surface area contributed by atoms with Gasteiger partial charge in [0.05, 0.1) is 6.42 Å². The highest BCUT2D eigenvalue weighted by atomic mass is 16.6. The summed E-state index contributed by atoms with van der Waals surface area (Å²) >= 11 is 0. The lowest BCUT2D eigenvalue weighted by Gasteiger charge is -2.18. The van der Waals surface area contributed by atoms with Gasteiger partial charge in [-0.3, -0.25) is 14.4 Å². The SMILES string of the molecule is CC/C=C\C/C=C\C/C=C\C/C=C\C/C=C\CCCCCCCCCCCCCCCC(=O)OCC(COC(=O)C/C=C\C/C=C\C/C=C\C/C=C\C/C=C\CC)OC(=O)CCCCCCCCCCCCCCCCCC. The maximum absolute atomic E-state index is 12.9. The minimum atomic E-state index is -0.819. The summed E-state index contributed by atoms with van der Waals surface area (Å²) < 4.78 is 16.8. The van der Waals surface area contributed by atoms with Crippen LogP contribution in [0.15, 0.2) is 122 Å². The lowest BCUT2D eigenvalue weighted by Crippen LogP contribution is -2.30. The van der Waals surface area contributed by atoms with Crippen molar-refractivity contribution in [2.75, 3.05) is 13.2 Å². The lowest BCUT2D eigenvalue weighted by atomic mass is 10.0. The third-order valence-electron chi connectivity index (χ3n) is 13.7. The molecule has 78 heavy (non-hydrogen) atoms. The van der Waals surface area contributed by atoms with Crippen molar-refractivity contribution in [1.29, 1.82) is 0 Å². The molecule has 0 spiro atoms. The second-order valence-corrected chi connectivity index (χ2v) is 21.3. The van der Waals surface area contributed by atoms with E-state index >= 15 is 0 Å². The molecule has 0 bridgehead atoms. The Balaban J connectivity index is 4.33. The smallest absolute Gasteiger partial charge is 0.309 e. The first-order valence-corrected chi connectivity index (χ1v) is 32.5. The van der Waals surface area contributed by atoms with Crippen LogP contribution < -0.4 is 0 Å². The number of allylic oxidation sites excluding steroid dienone is 19. The van der Waals surface area contributed by atoms with Gasteiger partial charge in [-0.2, -0.15) is 0 Å². The van der Waals surface area contributed by atoms with Crippen molar-refractivity contribution < 1.29 is 28.6 Å². The zero-order valence-electron chi connectivity index (χ0n) is 50.9. The average molecular weight is 1080 g/mol. The van der Waals surface area contributed by atoms with Crippen molar-refractivity contribution in [2.45, 2.75) is 303 Å². The lowest BCUT2D eigenvalue weighted by molar-refractivity contribution is -0.166. The minimum absolute atomic E-state index is 0.108. The molecular weight excluding hydrogens is 961 g/mol. The molecule has 0 aliphatic heterocycles. The number of hydrogen-bond acceptors (Lipinski definition) is 6. The Hall–Kier alpha value is -4.19. The standard InChI is InChI=1S/C72H120O6/c1-4-7-10-13-16-19-22-25-28-30-31-32-33-34-35-36-37-38-39-40-41-42-45-47-50-53-56-59-62-65-71(74)77-68-69(67-76-70(73)64-61-58-55-52-49-46-43-27-24-21-18-15-12-9-6-3)78-72(75)66-63-60-57-54-51-48-44-29-26-23-20-17-14-11-8-5-2/h7,9-10,12,16,18-19,21,25,27-28,31-32,34-35,43,49,52,58,61,69H,4-6,8,11,13-15,17,20,22-24,26,29-30,33,36-42,44-48,50-51,53-57,59-60,62-68H2,1-3H3/b10-7-,12-9-,19-16-,21-18-,28-25-,32-31-,35-34-,43-27-,52-49-,61-58-. The molecule has 0 rings (SSSR count). The number of esters is 3. The highest BCUT2D eigenvalue weighted by Crippen LogP contribution is 2.17. The van der Waals surface area contributed by atoms with Crippen molar-refractivity contribution in [2.24, 2.45) is 0 Å². The molecule has 444 valence electrons. The van der Waals surface area contributed by atoms with E-state index in [2.05, 4.69) is 130 Å². The summed E-state index contributed by atoms with van der Waals surface area (Å²) in [6.45, 7) is 6.35. The van der Waals surface area contributed by atoms with Crippen LogP contribution in [0.5, 0.6) is 0 Å². The van der Waals surface area contributed by atoms with Gasteiger partial charge in [0.15, 0.2) is 6.10 Å². The van der Waals surface area contributed by atoms with E-state index in [1.54, 1.807) is 6.08 Å². The fourth-order valence-electron chi connectivity index (χ4n) is 8.96. The molecule has 0 aromatic rings. The molecule has 0 fully saturated rings. The number of carbonyl (C=O) groups excluding carboxylic acids is 3. The van der Waals surface area contributed by atoms with Gasteiger partial charge in [0, 0.05) is 12.8 Å². The van der Waals surface area contributed by atoms with Crippen LogP contribution in [0, 0.1) is 0 Å². The summed E-state index contributed by atoms with van der Waals surface area (Å²) in [5, 5.41) is 0. The van der Waals surface area contributed by atoms with Gasteiger partial charge in [-0.25, -0.2) is 0 Å². The van der Waals surface area contributed by atoms with Gasteiger partial charge in [0.2, 0.25) is 0 Å². The first kappa shape index (κ1) is 73.8. The molecule has 0 aliphatic carbocycles. The Morgan fingerprint density at radius 2 is 0.551 bits per heavy atom. The number of ether oxygens (including phenoxy) is 3. The van der Waals surface area contributed by atoms with Gasteiger partial charge in [-0.1, -0.05) is 309 Å². The van der Waals surface area contributed by atoms with Crippen molar-refractivity contribution in [3.05, 3.63) is 122 Å². The summed E-state index contributed by atoms with van der Waals surface area (Å²) in [7, 11) is 0. The van der Waals surface area contributed by atoms with E-state index in [1.165, 1.54) is 154 Å². The van der Waals surface area contributed by atoms with Gasteiger partial charge < -0.3 is 14.2 Å². The summed E-state index contributed by atoms with van der Waals surface area (Å²) in [5.74, 6) is -1.03. The predicted molar refractivity (Wildman–Crippen MR) is 339 cm³/mol. The molecule has 1 atom stereocenters. The molecule has 0 radical (unpaired) electrons. The summed E-state index contributed by atoms with van der Waals surface area (Å²) in [6.07, 6.45) is 91.0. The average Bonchev–Trinajstić information content (AvgIpc) is 3.44. The summed E-state index contributed by atoms with van der Waals surface area (Å²) in [6, 6.07) is 0. The van der Waals surface area contributed by atoms with Crippen LogP contribution in [-0.2, 0) is 28.6 Å². The fraction of sp³-hybridized carbons (Fsp3) is 0.681. The minimum Gasteiger partial charge on any atom is -0.462 e. The largest absolute Gasteiger partial charge is 0.462 e. The van der Waals surface area contributed by atoms with Crippen molar-refractivity contribution in [3.63, 3.8) is 0 Å². The van der Waals surface area contributed by atoms with E-state index in [4.69, 9.17) is 14.2 Å². The molecule has 0 aromatic carbocycles. The van der Waals surface area contributed by atoms with Gasteiger partial charge in [-0.05, 0) is 89.9 Å². The zero-order chi connectivity index (χ0) is 56.4. The molecule has 0 heterocycles. The monoisotopic (exact) mass is 1080 g/mol. The molecule has 1 unspecified atom stereocenters. The van der Waals surface area contributed by atoms with Crippen molar-refractivity contribution in [3.8, 4) is 0 Å². The van der Waals surface area contributed by atoms with Crippen molar-refractivity contribution >= 4 is 17.9 Å². The van der Waals surface area contributed by atoms with Gasteiger partial charge >= 0.3 is 17.9 Å². The maximum atomic E-state index is 12.9. The molecular formula is C72H120O6. The van der Waals surface area contributed by atoms with Gasteiger partial charge in [-0.15, -0.1) is 0 Å². The van der Waals surface area contributed by atoms with E-state index in [9.17, 15) is 14.4 Å². The summed E-state index contributed by atoms with van der Waals surface area (Å²) in [4.78, 5) is 38.2. The quantitative estimate of drug-likeness (QED) is 0.0261. The van der Waals surface area contributed by atoms with E-state index in [0.29, 0.717) is 12.8 Å². The van der Waals surface area contributed by atoms with Crippen LogP contribution in [0.25, 0.3) is 0 Å². The van der Waals surface area contributed by atoms with Crippen LogP contribution in [0.4, 0.5) is 0 Å². The zero-order valence-corrected chi connectivity index (χ0v) is 50.9. The molecule has 0 aromatic heterocycles. The first-order valence-electron chi connectivity index (χ1n) is 32.5. The van der Waals surface area contributed by atoms with Gasteiger partial charge in [0.1, 0.15) is 13.2 Å². The highest BCUT2D eigenvalue weighted by molar-refractivity contribution is 5.72. The van der Waals surface area contributed by atoms with E-state index in [1.807, 2.05) is 6.08 Å². The van der Waals surface area contributed by atoms with Crippen LogP contribution >= 0.6 is 0 Å². The molecule has 6 heteroatoms. The fourth-order valence-corrected chi connectivity index (χ4v) is 8.96. The number of rotatable bonds is 58. The molecule has 0 aliphatic rings. The topological polar surface area (TPSA) is 78.9 Å². The first-order chi connectivity index (χ1) is 38.5. The maximum Gasteiger partial charge on any atom is 0.309 e. The Morgan fingerprint density at radius 1 is 0.282 bits per heavy atom. The van der Waals surface area contributed by atoms with Crippen LogP contribution in [0.1, 0.15) is 297 Å². The third kappa shape index (κ3) is 62.7. The Labute approximate surface area is 482 Å². The van der Waals surface area contributed by atoms with E-state index in [-0.39, 0.29) is 31.6 Å². The summed E-state index contributed by atoms with van der Waals surface area (Å²) in [5.41, 5.74) is 0. The number of unbranched alkanes of at least 4 members (excludes halogenated alkanes) is 28. The third-order valence-corrected chi connectivity index (χ3v) is 13.7. The second-order valence-electron chi connectivity index (χ2n) is 21.3. The Kier molecular flexibility index (Phi) is 61.8. The van der Waals surface area contributed by atoms with Crippen molar-refractivity contribution in [1.82, 2.24) is 0 Å². The molecule has 6 nitrogen and oxygen atoms in total. The molecule has 0 saturated carbocycles. The second kappa shape index (κ2) is 65.3. The van der Waals surface area contributed by atoms with Crippen LogP contribution in [0.3, 0.4) is 0 Å². The van der Waals surface area contributed by atoms with E-state index in [0.717, 1.165) is 103 Å². The normalized spacial score (nSPS) is 12.9. The Bertz CT molecular complexity index is 1620. The Morgan fingerprint density at radius 3 is 0.897 bits per heavy atom. The van der Waals surface area contributed by atoms with Crippen LogP contribution in [-0.4, -0.2) is 37.2 Å². The molecule has 0 amide bonds. The molecule has 0 saturated heterocycles. The highest BCUT2D eigenvalue weighted by Gasteiger charge is 2.19. The molecule has 0 N–H and O–H groups in total. The number of hydrogen-bond donors (Lipinski definition) is 0. The van der Waals surface area contributed by atoms with Gasteiger partial charge in [0.25, 0.3) is 0 Å².